The summed E-state index contributed by atoms with van der Waals surface area (Å²) in [6, 6.07) is 9.75. The molecule has 0 aliphatic carbocycles. The maximum absolute atomic E-state index is 12.7. The molecule has 0 radical (unpaired) electrons. The fourth-order valence-corrected chi connectivity index (χ4v) is 4.43. The summed E-state index contributed by atoms with van der Waals surface area (Å²) in [7, 11) is 0. The van der Waals surface area contributed by atoms with Gasteiger partial charge in [0.15, 0.2) is 0 Å². The molecule has 1 N–H and O–H groups in total. The summed E-state index contributed by atoms with van der Waals surface area (Å²) in [6.07, 6.45) is 0.891. The normalized spacial score (nSPS) is 16.3. The van der Waals surface area contributed by atoms with Crippen LogP contribution < -0.4 is 10.2 Å². The zero-order chi connectivity index (χ0) is 21.3. The van der Waals surface area contributed by atoms with Gasteiger partial charge in [0.25, 0.3) is 0 Å². The van der Waals surface area contributed by atoms with Gasteiger partial charge in [0, 0.05) is 37.3 Å². The number of para-hydroxylation sites is 1. The number of hydrogen-bond acceptors (Lipinski definition) is 6. The highest BCUT2D eigenvalue weighted by Crippen LogP contribution is 2.28. The Balaban J connectivity index is 1.35. The average Bonchev–Trinajstić information content (AvgIpc) is 3.39. The quantitative estimate of drug-likeness (QED) is 0.657. The van der Waals surface area contributed by atoms with Gasteiger partial charge in [-0.2, -0.15) is 5.10 Å². The van der Waals surface area contributed by atoms with E-state index in [0.29, 0.717) is 24.6 Å². The smallest absolute Gasteiger partial charge is 0.231 e. The number of carbonyl (C=O) groups is 2. The molecule has 1 fully saturated rings. The summed E-state index contributed by atoms with van der Waals surface area (Å²) < 4.78 is 1.94. The molecule has 2 aromatic heterocycles. The lowest BCUT2D eigenvalue weighted by Crippen LogP contribution is -2.28. The van der Waals surface area contributed by atoms with Crippen LogP contribution in [0.15, 0.2) is 30.3 Å². The summed E-state index contributed by atoms with van der Waals surface area (Å²) in [5.41, 5.74) is 3.97. The second kappa shape index (κ2) is 8.35. The Morgan fingerprint density at radius 2 is 2.03 bits per heavy atom. The number of nitrogens with zero attached hydrogens (tertiary/aromatic N) is 5. The lowest BCUT2D eigenvalue weighted by atomic mass is 10.1. The van der Waals surface area contributed by atoms with E-state index in [1.807, 2.05) is 55.8 Å². The molecule has 4 rings (SSSR count). The molecule has 1 atom stereocenters. The first-order chi connectivity index (χ1) is 14.4. The number of anilines is 2. The third-order valence-corrected chi connectivity index (χ3v) is 6.14. The molecule has 1 aliphatic heterocycles. The molecule has 3 heterocycles. The van der Waals surface area contributed by atoms with Crippen LogP contribution >= 0.6 is 11.3 Å². The van der Waals surface area contributed by atoms with Crippen molar-refractivity contribution < 1.29 is 9.59 Å². The highest BCUT2D eigenvalue weighted by atomic mass is 32.1. The van der Waals surface area contributed by atoms with Crippen LogP contribution in [0.1, 0.15) is 28.4 Å². The monoisotopic (exact) mass is 424 g/mol. The van der Waals surface area contributed by atoms with Crippen LogP contribution in [0, 0.1) is 26.7 Å². The Labute approximate surface area is 178 Å². The Morgan fingerprint density at radius 1 is 1.23 bits per heavy atom. The van der Waals surface area contributed by atoms with Gasteiger partial charge in [-0.15, -0.1) is 10.2 Å². The average molecular weight is 425 g/mol. The lowest BCUT2D eigenvalue weighted by molar-refractivity contribution is -0.122. The summed E-state index contributed by atoms with van der Waals surface area (Å²) in [6.45, 7) is 7.04. The topological polar surface area (TPSA) is 93.0 Å². The second-order valence-electron chi connectivity index (χ2n) is 7.58. The molecular weight excluding hydrogens is 400 g/mol. The van der Waals surface area contributed by atoms with Gasteiger partial charge < -0.3 is 10.2 Å². The highest BCUT2D eigenvalue weighted by Gasteiger charge is 2.36. The minimum Gasteiger partial charge on any atom is -0.311 e. The van der Waals surface area contributed by atoms with Crippen LogP contribution in [0.3, 0.4) is 0 Å². The third-order valence-electron chi connectivity index (χ3n) is 5.24. The van der Waals surface area contributed by atoms with Gasteiger partial charge in [-0.25, -0.2) is 0 Å². The molecule has 156 valence electrons. The number of hydrogen-bond donors (Lipinski definition) is 1. The number of rotatable bonds is 6. The SMILES string of the molecule is Cc1cc(C)n(CCc2nnc(NC(=O)C3CC(=O)N(c4ccccc4C)C3)s2)n1. The minimum absolute atomic E-state index is 0.0349. The van der Waals surface area contributed by atoms with E-state index < -0.39 is 5.92 Å². The fourth-order valence-electron chi connectivity index (χ4n) is 3.70. The number of carbonyl (C=O) groups excluding carboxylic acids is 2. The van der Waals surface area contributed by atoms with Crippen LogP contribution in [0.25, 0.3) is 0 Å². The molecule has 2 amide bonds. The summed E-state index contributed by atoms with van der Waals surface area (Å²) in [5, 5.41) is 16.8. The molecule has 0 spiro atoms. The molecule has 3 aromatic rings. The molecule has 9 heteroatoms. The molecule has 8 nitrogen and oxygen atoms in total. The van der Waals surface area contributed by atoms with Crippen molar-refractivity contribution in [3.05, 3.63) is 52.3 Å². The van der Waals surface area contributed by atoms with E-state index in [4.69, 9.17) is 0 Å². The van der Waals surface area contributed by atoms with E-state index in [9.17, 15) is 9.59 Å². The van der Waals surface area contributed by atoms with Crippen molar-refractivity contribution in [1.29, 1.82) is 0 Å². The van der Waals surface area contributed by atoms with Gasteiger partial charge in [-0.1, -0.05) is 29.5 Å². The number of amides is 2. The molecule has 1 unspecified atom stereocenters. The summed E-state index contributed by atoms with van der Waals surface area (Å²) >= 11 is 1.36. The molecule has 1 aromatic carbocycles. The Hall–Kier alpha value is -3.07. The van der Waals surface area contributed by atoms with Gasteiger partial charge in [0.1, 0.15) is 5.01 Å². The number of aromatic nitrogens is 4. The van der Waals surface area contributed by atoms with E-state index in [1.54, 1.807) is 4.90 Å². The standard InChI is InChI=1S/C21H24N6O2S/c1-13-6-4-5-7-17(13)26-12-16(11-19(26)28)20(29)22-21-24-23-18(30-21)8-9-27-15(3)10-14(2)25-27/h4-7,10,16H,8-9,11-12H2,1-3H3,(H,22,24,29). The lowest BCUT2D eigenvalue weighted by Gasteiger charge is -2.18. The summed E-state index contributed by atoms with van der Waals surface area (Å²) in [4.78, 5) is 26.8. The first-order valence-electron chi connectivity index (χ1n) is 9.91. The molecule has 0 saturated carbocycles. The van der Waals surface area contributed by atoms with E-state index >= 15 is 0 Å². The molecule has 1 saturated heterocycles. The Bertz CT molecular complexity index is 1090. The van der Waals surface area contributed by atoms with Gasteiger partial charge in [-0.05, 0) is 38.5 Å². The van der Waals surface area contributed by atoms with Crippen LogP contribution in [-0.4, -0.2) is 38.3 Å². The molecular formula is C21H24N6O2S. The molecule has 1 aliphatic rings. The van der Waals surface area contributed by atoms with Gasteiger partial charge >= 0.3 is 0 Å². The predicted molar refractivity (Wildman–Crippen MR) is 116 cm³/mol. The van der Waals surface area contributed by atoms with Crippen molar-refractivity contribution in [2.75, 3.05) is 16.8 Å². The molecule has 30 heavy (non-hydrogen) atoms. The largest absolute Gasteiger partial charge is 0.311 e. The van der Waals surface area contributed by atoms with Gasteiger partial charge in [0.2, 0.25) is 16.9 Å². The van der Waals surface area contributed by atoms with Crippen molar-refractivity contribution in [3.8, 4) is 0 Å². The second-order valence-corrected chi connectivity index (χ2v) is 8.64. The maximum Gasteiger partial charge on any atom is 0.231 e. The predicted octanol–water partition coefficient (Wildman–Crippen LogP) is 2.89. The summed E-state index contributed by atoms with van der Waals surface area (Å²) in [5.74, 6) is -0.632. The Morgan fingerprint density at radius 3 is 2.77 bits per heavy atom. The van der Waals surface area contributed by atoms with E-state index in [1.165, 1.54) is 11.3 Å². The van der Waals surface area contributed by atoms with Crippen molar-refractivity contribution >= 4 is 34.0 Å². The zero-order valence-electron chi connectivity index (χ0n) is 17.3. The highest BCUT2D eigenvalue weighted by molar-refractivity contribution is 7.15. The Kier molecular flexibility index (Phi) is 5.63. The molecule has 0 bridgehead atoms. The van der Waals surface area contributed by atoms with E-state index in [-0.39, 0.29) is 18.2 Å². The minimum atomic E-state index is -0.404. The van der Waals surface area contributed by atoms with Crippen molar-refractivity contribution in [1.82, 2.24) is 20.0 Å². The van der Waals surface area contributed by atoms with E-state index in [0.717, 1.165) is 27.6 Å². The van der Waals surface area contributed by atoms with Crippen LogP contribution in [0.2, 0.25) is 0 Å². The third kappa shape index (κ3) is 4.25. The number of aryl methyl sites for hydroxylation is 5. The maximum atomic E-state index is 12.7. The van der Waals surface area contributed by atoms with Gasteiger partial charge in [-0.3, -0.25) is 14.3 Å². The van der Waals surface area contributed by atoms with Crippen molar-refractivity contribution in [3.63, 3.8) is 0 Å². The van der Waals surface area contributed by atoms with Crippen molar-refractivity contribution in [2.24, 2.45) is 5.92 Å². The fraction of sp³-hybridized carbons (Fsp3) is 0.381. The first-order valence-corrected chi connectivity index (χ1v) is 10.7. The van der Waals surface area contributed by atoms with Crippen LogP contribution in [-0.2, 0) is 22.6 Å². The number of benzene rings is 1. The van der Waals surface area contributed by atoms with Crippen LogP contribution in [0.5, 0.6) is 0 Å². The zero-order valence-corrected chi connectivity index (χ0v) is 18.1. The van der Waals surface area contributed by atoms with Gasteiger partial charge in [0.05, 0.1) is 11.6 Å². The number of nitrogens with one attached hydrogen (secondary N) is 1. The van der Waals surface area contributed by atoms with Crippen LogP contribution in [0.4, 0.5) is 10.8 Å². The van der Waals surface area contributed by atoms with Crippen molar-refractivity contribution in [2.45, 2.75) is 40.2 Å². The van der Waals surface area contributed by atoms with E-state index in [2.05, 4.69) is 20.6 Å². The first kappa shape index (κ1) is 20.2.